The second kappa shape index (κ2) is 6.45. The van der Waals surface area contributed by atoms with Crippen molar-refractivity contribution in [3.05, 3.63) is 36.2 Å². The van der Waals surface area contributed by atoms with E-state index in [0.717, 1.165) is 56.5 Å². The summed E-state index contributed by atoms with van der Waals surface area (Å²) in [6.07, 6.45) is 4.18. The molecule has 1 N–H and O–H groups in total. The number of carbonyl (C=O) groups is 1. The van der Waals surface area contributed by atoms with Crippen LogP contribution in [0.1, 0.15) is 29.8 Å². The summed E-state index contributed by atoms with van der Waals surface area (Å²) in [7, 11) is 0. The van der Waals surface area contributed by atoms with E-state index in [1.165, 1.54) is 0 Å². The Kier molecular flexibility index (Phi) is 4.16. The third-order valence-corrected chi connectivity index (χ3v) is 5.13. The monoisotopic (exact) mass is 326 g/mol. The van der Waals surface area contributed by atoms with Crippen LogP contribution in [0.4, 0.5) is 0 Å². The molecule has 4 rings (SSSR count). The number of nitrogens with zero attached hydrogens (tertiary/aromatic N) is 4. The van der Waals surface area contributed by atoms with Gasteiger partial charge in [0.15, 0.2) is 0 Å². The fourth-order valence-electron chi connectivity index (χ4n) is 3.76. The molecule has 1 amide bonds. The normalized spacial score (nSPS) is 23.0. The highest BCUT2D eigenvalue weighted by molar-refractivity contribution is 5.93. The molecule has 6 heteroatoms. The van der Waals surface area contributed by atoms with Crippen LogP contribution in [0.25, 0.3) is 11.0 Å². The second-order valence-corrected chi connectivity index (χ2v) is 6.70. The topological polar surface area (TPSA) is 69.6 Å². The molecule has 6 nitrogen and oxygen atoms in total. The zero-order chi connectivity index (χ0) is 16.5. The molecule has 2 aromatic rings. The molecule has 2 aliphatic heterocycles. The van der Waals surface area contributed by atoms with E-state index in [1.54, 1.807) is 6.20 Å². The highest BCUT2D eigenvalue weighted by atomic mass is 16.3. The van der Waals surface area contributed by atoms with Crippen LogP contribution in [0, 0.1) is 0 Å². The number of piperidine rings is 1. The van der Waals surface area contributed by atoms with Gasteiger partial charge in [-0.05, 0) is 31.4 Å². The number of β-amino-alcohol motifs (C(OH)–C–C–N with tert-alkyl or cyclic N) is 1. The summed E-state index contributed by atoms with van der Waals surface area (Å²) in [5.41, 5.74) is 1.98. The lowest BCUT2D eigenvalue weighted by Crippen LogP contribution is -2.46. The van der Waals surface area contributed by atoms with Crippen LogP contribution in [-0.2, 0) is 0 Å². The van der Waals surface area contributed by atoms with Crippen LogP contribution in [0.2, 0.25) is 0 Å². The maximum atomic E-state index is 12.7. The van der Waals surface area contributed by atoms with Crippen LogP contribution in [0.15, 0.2) is 30.5 Å². The van der Waals surface area contributed by atoms with E-state index in [-0.39, 0.29) is 12.0 Å². The molecule has 2 aliphatic rings. The first-order valence-corrected chi connectivity index (χ1v) is 8.64. The highest BCUT2D eigenvalue weighted by Crippen LogP contribution is 2.22. The minimum atomic E-state index is -0.183. The van der Waals surface area contributed by atoms with Crippen LogP contribution >= 0.6 is 0 Å². The molecular weight excluding hydrogens is 304 g/mol. The van der Waals surface area contributed by atoms with Crippen molar-refractivity contribution in [3.8, 4) is 0 Å². The number of aromatic nitrogens is 2. The maximum Gasteiger partial charge on any atom is 0.274 e. The number of aliphatic hydroxyl groups excluding tert-OH is 1. The van der Waals surface area contributed by atoms with Crippen molar-refractivity contribution < 1.29 is 9.90 Å². The molecule has 0 unspecified atom stereocenters. The smallest absolute Gasteiger partial charge is 0.274 e. The van der Waals surface area contributed by atoms with Gasteiger partial charge in [0.1, 0.15) is 5.69 Å². The summed E-state index contributed by atoms with van der Waals surface area (Å²) in [5, 5.41) is 9.68. The quantitative estimate of drug-likeness (QED) is 0.901. The van der Waals surface area contributed by atoms with Gasteiger partial charge in [0.05, 0.1) is 23.3 Å². The first-order chi connectivity index (χ1) is 11.7. The molecule has 3 heterocycles. The lowest BCUT2D eigenvalue weighted by atomic mass is 10.0. The summed E-state index contributed by atoms with van der Waals surface area (Å²) < 4.78 is 0. The number of hydrogen-bond acceptors (Lipinski definition) is 5. The van der Waals surface area contributed by atoms with Gasteiger partial charge in [0, 0.05) is 32.2 Å². The number of carbonyl (C=O) groups excluding carboxylic acids is 1. The van der Waals surface area contributed by atoms with Crippen LogP contribution in [-0.4, -0.2) is 69.1 Å². The zero-order valence-electron chi connectivity index (χ0n) is 13.6. The van der Waals surface area contributed by atoms with Crippen molar-refractivity contribution in [2.45, 2.75) is 31.4 Å². The highest BCUT2D eigenvalue weighted by Gasteiger charge is 2.31. The standard InChI is InChI=1S/C18H22N4O2/c23-14-7-10-22(12-14)13-5-8-21(9-6-13)18(24)17-11-19-15-3-1-2-4-16(15)20-17/h1-4,11,13-14,23H,5-10,12H2/t14-/m0/s1. The number of hydrogen-bond donors (Lipinski definition) is 1. The van der Waals surface area contributed by atoms with E-state index in [4.69, 9.17) is 0 Å². The number of rotatable bonds is 2. The summed E-state index contributed by atoms with van der Waals surface area (Å²) in [6, 6.07) is 8.07. The van der Waals surface area contributed by atoms with Gasteiger partial charge in [-0.25, -0.2) is 4.98 Å². The molecule has 24 heavy (non-hydrogen) atoms. The van der Waals surface area contributed by atoms with Gasteiger partial charge >= 0.3 is 0 Å². The molecule has 0 saturated carbocycles. The summed E-state index contributed by atoms with van der Waals surface area (Å²) in [4.78, 5) is 25.7. The number of benzene rings is 1. The molecular formula is C18H22N4O2. The van der Waals surface area contributed by atoms with E-state index in [1.807, 2.05) is 29.2 Å². The maximum absolute atomic E-state index is 12.7. The Balaban J connectivity index is 1.42. The lowest BCUT2D eigenvalue weighted by molar-refractivity contribution is 0.0622. The van der Waals surface area contributed by atoms with Crippen LogP contribution in [0.5, 0.6) is 0 Å². The van der Waals surface area contributed by atoms with Crippen LogP contribution in [0.3, 0.4) is 0 Å². The Morgan fingerprint density at radius 2 is 1.83 bits per heavy atom. The minimum Gasteiger partial charge on any atom is -0.392 e. The van der Waals surface area contributed by atoms with Crippen molar-refractivity contribution in [2.75, 3.05) is 26.2 Å². The van der Waals surface area contributed by atoms with Crippen molar-refractivity contribution in [1.29, 1.82) is 0 Å². The Hall–Kier alpha value is -2.05. The zero-order valence-corrected chi connectivity index (χ0v) is 13.6. The number of aliphatic hydroxyl groups is 1. The van der Waals surface area contributed by atoms with Crippen molar-refractivity contribution >= 4 is 16.9 Å². The molecule has 0 radical (unpaired) electrons. The predicted octanol–water partition coefficient (Wildman–Crippen LogP) is 1.30. The molecule has 0 spiro atoms. The average molecular weight is 326 g/mol. The summed E-state index contributed by atoms with van der Waals surface area (Å²) in [5.74, 6) is -0.0341. The third kappa shape index (κ3) is 2.99. The van der Waals surface area contributed by atoms with Gasteiger partial charge in [-0.2, -0.15) is 0 Å². The summed E-state index contributed by atoms with van der Waals surface area (Å²) in [6.45, 7) is 3.22. The van der Waals surface area contributed by atoms with Gasteiger partial charge in [0.25, 0.3) is 5.91 Å². The van der Waals surface area contributed by atoms with Gasteiger partial charge in [0.2, 0.25) is 0 Å². The van der Waals surface area contributed by atoms with E-state index in [9.17, 15) is 9.90 Å². The van der Waals surface area contributed by atoms with E-state index in [2.05, 4.69) is 14.9 Å². The fraction of sp³-hybridized carbons (Fsp3) is 0.500. The van der Waals surface area contributed by atoms with Crippen molar-refractivity contribution in [2.24, 2.45) is 0 Å². The largest absolute Gasteiger partial charge is 0.392 e. The fourth-order valence-corrected chi connectivity index (χ4v) is 3.76. The second-order valence-electron chi connectivity index (χ2n) is 6.70. The summed E-state index contributed by atoms with van der Waals surface area (Å²) >= 11 is 0. The SMILES string of the molecule is O=C(c1cnc2ccccc2n1)N1CCC(N2CC[C@H](O)C2)CC1. The number of fused-ring (bicyclic) bond motifs is 1. The average Bonchev–Trinajstić information content (AvgIpc) is 3.07. The molecule has 1 atom stereocenters. The van der Waals surface area contributed by atoms with Crippen molar-refractivity contribution in [1.82, 2.24) is 19.8 Å². The van der Waals surface area contributed by atoms with E-state index >= 15 is 0 Å². The van der Waals surface area contributed by atoms with E-state index < -0.39 is 0 Å². The minimum absolute atomic E-state index is 0.0341. The molecule has 126 valence electrons. The van der Waals surface area contributed by atoms with Crippen LogP contribution < -0.4 is 0 Å². The Morgan fingerprint density at radius 3 is 2.54 bits per heavy atom. The Morgan fingerprint density at radius 1 is 1.08 bits per heavy atom. The number of amides is 1. The van der Waals surface area contributed by atoms with Crippen molar-refractivity contribution in [3.63, 3.8) is 0 Å². The lowest BCUT2D eigenvalue weighted by Gasteiger charge is -2.36. The molecule has 2 saturated heterocycles. The molecule has 1 aromatic heterocycles. The Bertz CT molecular complexity index is 743. The molecule has 2 fully saturated rings. The molecule has 0 bridgehead atoms. The predicted molar refractivity (Wildman–Crippen MR) is 90.7 cm³/mol. The first kappa shape index (κ1) is 15.5. The third-order valence-electron chi connectivity index (χ3n) is 5.13. The van der Waals surface area contributed by atoms with E-state index in [0.29, 0.717) is 11.7 Å². The molecule has 1 aromatic carbocycles. The van der Waals surface area contributed by atoms with Gasteiger partial charge in [-0.1, -0.05) is 12.1 Å². The number of para-hydroxylation sites is 2. The Labute approximate surface area is 141 Å². The van der Waals surface area contributed by atoms with Gasteiger partial charge in [-0.15, -0.1) is 0 Å². The molecule has 0 aliphatic carbocycles. The first-order valence-electron chi connectivity index (χ1n) is 8.64. The van der Waals surface area contributed by atoms with Gasteiger partial charge < -0.3 is 10.0 Å². The number of likely N-dealkylation sites (tertiary alicyclic amines) is 2. The van der Waals surface area contributed by atoms with Gasteiger partial charge in [-0.3, -0.25) is 14.7 Å².